The highest BCUT2D eigenvalue weighted by Crippen LogP contribution is 2.23. The van der Waals surface area contributed by atoms with Crippen LogP contribution in [0.5, 0.6) is 5.75 Å². The summed E-state index contributed by atoms with van der Waals surface area (Å²) in [6.07, 6.45) is 0. The van der Waals surface area contributed by atoms with E-state index in [1.165, 1.54) is 6.07 Å². The monoisotopic (exact) mass is 356 g/mol. The lowest BCUT2D eigenvalue weighted by Gasteiger charge is -2.09. The Morgan fingerprint density at radius 1 is 1.24 bits per heavy atom. The van der Waals surface area contributed by atoms with Crippen molar-refractivity contribution in [2.45, 2.75) is 0 Å². The minimum Gasteiger partial charge on any atom is -0.484 e. The molecule has 0 atom stereocenters. The maximum Gasteiger partial charge on any atom is 0.262 e. The molecule has 110 valence electrons. The predicted molar refractivity (Wildman–Crippen MR) is 79.0 cm³/mol. The van der Waals surface area contributed by atoms with E-state index in [2.05, 4.69) is 21.2 Å². The number of anilines is 2. The number of halogens is 3. The number of nitrogens with one attached hydrogen (secondary N) is 1. The molecule has 0 aromatic heterocycles. The van der Waals surface area contributed by atoms with Gasteiger partial charge in [0.25, 0.3) is 5.91 Å². The molecule has 7 heteroatoms. The normalized spacial score (nSPS) is 10.2. The summed E-state index contributed by atoms with van der Waals surface area (Å²) in [5, 5.41) is 2.12. The van der Waals surface area contributed by atoms with Crippen molar-refractivity contribution in [3.05, 3.63) is 52.5 Å². The van der Waals surface area contributed by atoms with Crippen molar-refractivity contribution in [1.82, 2.24) is 0 Å². The SMILES string of the molecule is Nc1cccc(OCC(=O)Nc2c(F)cc(Br)cc2F)c1. The van der Waals surface area contributed by atoms with Crippen molar-refractivity contribution in [2.24, 2.45) is 0 Å². The van der Waals surface area contributed by atoms with Crippen LogP contribution in [0.2, 0.25) is 0 Å². The number of benzene rings is 2. The second-order valence-corrected chi connectivity index (χ2v) is 5.07. The Morgan fingerprint density at radius 3 is 2.52 bits per heavy atom. The average Bonchev–Trinajstić information content (AvgIpc) is 2.40. The van der Waals surface area contributed by atoms with Gasteiger partial charge in [-0.15, -0.1) is 0 Å². The molecule has 4 nitrogen and oxygen atoms in total. The van der Waals surface area contributed by atoms with Gasteiger partial charge in [0.15, 0.2) is 18.2 Å². The van der Waals surface area contributed by atoms with Gasteiger partial charge in [0.2, 0.25) is 0 Å². The van der Waals surface area contributed by atoms with Crippen LogP contribution in [0.25, 0.3) is 0 Å². The zero-order valence-electron chi connectivity index (χ0n) is 10.7. The molecule has 1 amide bonds. The van der Waals surface area contributed by atoms with Gasteiger partial charge in [0.05, 0.1) is 0 Å². The maximum atomic E-state index is 13.5. The Labute approximate surface area is 128 Å². The van der Waals surface area contributed by atoms with E-state index in [9.17, 15) is 13.6 Å². The summed E-state index contributed by atoms with van der Waals surface area (Å²) < 4.78 is 32.5. The second-order valence-electron chi connectivity index (χ2n) is 4.15. The molecule has 3 N–H and O–H groups in total. The van der Waals surface area contributed by atoms with Crippen molar-refractivity contribution in [3.8, 4) is 5.75 Å². The molecule has 0 aliphatic rings. The fraction of sp³-hybridized carbons (Fsp3) is 0.0714. The fourth-order valence-corrected chi connectivity index (χ4v) is 1.99. The first kappa shape index (κ1) is 15.2. The Morgan fingerprint density at radius 2 is 1.90 bits per heavy atom. The van der Waals surface area contributed by atoms with E-state index in [1.54, 1.807) is 18.2 Å². The Kier molecular flexibility index (Phi) is 4.74. The van der Waals surface area contributed by atoms with E-state index < -0.39 is 29.8 Å². The summed E-state index contributed by atoms with van der Waals surface area (Å²) in [5.74, 6) is -2.04. The van der Waals surface area contributed by atoms with Crippen LogP contribution < -0.4 is 15.8 Å². The van der Waals surface area contributed by atoms with E-state index in [0.29, 0.717) is 11.4 Å². The topological polar surface area (TPSA) is 64.3 Å². The quantitative estimate of drug-likeness (QED) is 0.825. The largest absolute Gasteiger partial charge is 0.484 e. The van der Waals surface area contributed by atoms with Crippen LogP contribution in [0, 0.1) is 11.6 Å². The van der Waals surface area contributed by atoms with E-state index in [4.69, 9.17) is 10.5 Å². The second kappa shape index (κ2) is 6.53. The molecule has 0 fully saturated rings. The molecule has 0 spiro atoms. The fourth-order valence-electron chi connectivity index (χ4n) is 1.59. The molecule has 0 saturated carbocycles. The molecular weight excluding hydrogens is 346 g/mol. The number of hydrogen-bond acceptors (Lipinski definition) is 3. The van der Waals surface area contributed by atoms with Crippen LogP contribution in [0.15, 0.2) is 40.9 Å². The zero-order valence-corrected chi connectivity index (χ0v) is 12.3. The van der Waals surface area contributed by atoms with Crippen LogP contribution in [-0.2, 0) is 4.79 Å². The molecule has 0 heterocycles. The molecular formula is C14H11BrF2N2O2. The number of ether oxygens (including phenoxy) is 1. The number of carbonyl (C=O) groups excluding carboxylic acids is 1. The number of hydrogen-bond donors (Lipinski definition) is 2. The first-order chi connectivity index (χ1) is 9.95. The molecule has 2 aromatic rings. The summed E-state index contributed by atoms with van der Waals surface area (Å²) in [5.41, 5.74) is 5.53. The molecule has 0 aliphatic carbocycles. The standard InChI is InChI=1S/C14H11BrF2N2O2/c15-8-4-11(16)14(12(17)5-8)19-13(20)7-21-10-3-1-2-9(18)6-10/h1-6H,7,18H2,(H,19,20). The van der Waals surface area contributed by atoms with Crippen LogP contribution in [0.3, 0.4) is 0 Å². The smallest absolute Gasteiger partial charge is 0.262 e. The third-order valence-corrected chi connectivity index (χ3v) is 2.96. The van der Waals surface area contributed by atoms with Gasteiger partial charge >= 0.3 is 0 Å². The predicted octanol–water partition coefficient (Wildman–Crippen LogP) is 3.33. The lowest BCUT2D eigenvalue weighted by molar-refractivity contribution is -0.118. The van der Waals surface area contributed by atoms with Gasteiger partial charge < -0.3 is 15.8 Å². The van der Waals surface area contributed by atoms with Gasteiger partial charge in [-0.1, -0.05) is 22.0 Å². The zero-order chi connectivity index (χ0) is 15.4. The van der Waals surface area contributed by atoms with Crippen LogP contribution in [-0.4, -0.2) is 12.5 Å². The van der Waals surface area contributed by atoms with Crippen molar-refractivity contribution < 1.29 is 18.3 Å². The highest BCUT2D eigenvalue weighted by atomic mass is 79.9. The minimum atomic E-state index is -0.876. The van der Waals surface area contributed by atoms with Crippen molar-refractivity contribution in [2.75, 3.05) is 17.7 Å². The molecule has 0 saturated heterocycles. The average molecular weight is 357 g/mol. The third-order valence-electron chi connectivity index (χ3n) is 2.50. The number of amides is 1. The van der Waals surface area contributed by atoms with Gasteiger partial charge in [-0.25, -0.2) is 8.78 Å². The number of nitrogen functional groups attached to an aromatic ring is 1. The summed E-state index contributed by atoms with van der Waals surface area (Å²) in [4.78, 5) is 11.6. The number of carbonyl (C=O) groups is 1. The highest BCUT2D eigenvalue weighted by Gasteiger charge is 2.14. The van der Waals surface area contributed by atoms with Crippen molar-refractivity contribution in [1.29, 1.82) is 0 Å². The van der Waals surface area contributed by atoms with E-state index in [1.807, 2.05) is 0 Å². The molecule has 2 aromatic carbocycles. The number of nitrogens with two attached hydrogens (primary N) is 1. The summed E-state index contributed by atoms with van der Waals surface area (Å²) in [6.45, 7) is -0.390. The van der Waals surface area contributed by atoms with E-state index in [-0.39, 0.29) is 4.47 Å². The van der Waals surface area contributed by atoms with E-state index >= 15 is 0 Å². The summed E-state index contributed by atoms with van der Waals surface area (Å²) >= 11 is 2.95. The lowest BCUT2D eigenvalue weighted by atomic mass is 10.3. The Balaban J connectivity index is 1.99. The van der Waals surface area contributed by atoms with Gasteiger partial charge in [-0.3, -0.25) is 4.79 Å². The van der Waals surface area contributed by atoms with Gasteiger partial charge in [0, 0.05) is 16.2 Å². The number of rotatable bonds is 4. The maximum absolute atomic E-state index is 13.5. The van der Waals surface area contributed by atoms with Gasteiger partial charge in [-0.2, -0.15) is 0 Å². The van der Waals surface area contributed by atoms with Crippen LogP contribution in [0.1, 0.15) is 0 Å². The van der Waals surface area contributed by atoms with E-state index in [0.717, 1.165) is 12.1 Å². The molecule has 0 unspecified atom stereocenters. The highest BCUT2D eigenvalue weighted by molar-refractivity contribution is 9.10. The molecule has 0 aliphatic heterocycles. The van der Waals surface area contributed by atoms with Crippen molar-refractivity contribution >= 4 is 33.2 Å². The van der Waals surface area contributed by atoms with Gasteiger partial charge in [-0.05, 0) is 24.3 Å². The first-order valence-corrected chi connectivity index (χ1v) is 6.68. The lowest BCUT2D eigenvalue weighted by Crippen LogP contribution is -2.21. The van der Waals surface area contributed by atoms with Gasteiger partial charge in [0.1, 0.15) is 11.4 Å². The van der Waals surface area contributed by atoms with Crippen molar-refractivity contribution in [3.63, 3.8) is 0 Å². The summed E-state index contributed by atoms with van der Waals surface area (Å²) in [7, 11) is 0. The van der Waals surface area contributed by atoms with Crippen LogP contribution in [0.4, 0.5) is 20.2 Å². The molecule has 21 heavy (non-hydrogen) atoms. The summed E-state index contributed by atoms with van der Waals surface area (Å²) in [6, 6.07) is 8.59. The minimum absolute atomic E-state index is 0.242. The Bertz CT molecular complexity index is 657. The first-order valence-electron chi connectivity index (χ1n) is 5.88. The molecule has 2 rings (SSSR count). The van der Waals surface area contributed by atoms with Crippen LogP contribution >= 0.6 is 15.9 Å². The molecule has 0 radical (unpaired) electrons. The third kappa shape index (κ3) is 4.16. The Hall–Kier alpha value is -2.15. The molecule has 0 bridgehead atoms.